The molecule has 1 heterocycles. The molecule has 33 heavy (non-hydrogen) atoms. The minimum atomic E-state index is -3.64. The van der Waals surface area contributed by atoms with Crippen LogP contribution in [0.2, 0.25) is 0 Å². The maximum Gasteiger partial charge on any atom is 0.279 e. The molecule has 8 heteroatoms. The molecule has 0 radical (unpaired) electrons. The Morgan fingerprint density at radius 1 is 1.03 bits per heavy atom. The largest absolute Gasteiger partial charge is 0.317 e. The van der Waals surface area contributed by atoms with Gasteiger partial charge in [0.25, 0.3) is 5.91 Å². The van der Waals surface area contributed by atoms with Crippen LogP contribution in [0.5, 0.6) is 0 Å². The summed E-state index contributed by atoms with van der Waals surface area (Å²) in [6.45, 7) is 13.7. The Labute approximate surface area is 200 Å². The molecular formula is C25H33N3O3S2. The van der Waals surface area contributed by atoms with Crippen molar-refractivity contribution >= 4 is 37.5 Å². The fourth-order valence-corrected chi connectivity index (χ4v) is 6.68. The molecule has 0 aliphatic carbocycles. The van der Waals surface area contributed by atoms with Crippen molar-refractivity contribution in [1.29, 1.82) is 0 Å². The zero-order valence-corrected chi connectivity index (χ0v) is 21.8. The van der Waals surface area contributed by atoms with E-state index in [1.807, 2.05) is 58.2 Å². The molecule has 0 unspecified atom stereocenters. The molecule has 178 valence electrons. The Bertz CT molecular complexity index is 1290. The van der Waals surface area contributed by atoms with Gasteiger partial charge < -0.3 is 4.57 Å². The molecule has 3 aromatic rings. The van der Waals surface area contributed by atoms with Gasteiger partial charge in [-0.25, -0.2) is 8.42 Å². The van der Waals surface area contributed by atoms with Crippen molar-refractivity contribution < 1.29 is 13.2 Å². The SMILES string of the molecule is CCn1c(=NC(=O)c2ccc(S(=O)(=O)N(CC(C)C)CC(C)C)cc2)sc2cc(C)ccc21. The predicted molar refractivity (Wildman–Crippen MR) is 135 cm³/mol. The average Bonchev–Trinajstić information content (AvgIpc) is 3.08. The molecule has 0 saturated heterocycles. The summed E-state index contributed by atoms with van der Waals surface area (Å²) in [5.41, 5.74) is 2.58. The molecule has 0 aliphatic rings. The quantitative estimate of drug-likeness (QED) is 0.445. The Morgan fingerprint density at radius 3 is 2.18 bits per heavy atom. The number of sulfonamides is 1. The number of carbonyl (C=O) groups excluding carboxylic acids is 1. The highest BCUT2D eigenvalue weighted by atomic mass is 32.2. The van der Waals surface area contributed by atoms with Crippen molar-refractivity contribution in [3.8, 4) is 0 Å². The van der Waals surface area contributed by atoms with E-state index in [0.29, 0.717) is 30.0 Å². The summed E-state index contributed by atoms with van der Waals surface area (Å²) >= 11 is 1.48. The lowest BCUT2D eigenvalue weighted by atomic mass is 10.2. The molecule has 0 atom stereocenters. The number of aryl methyl sites for hydroxylation is 2. The third-order valence-corrected chi connectivity index (χ3v) is 8.12. The van der Waals surface area contributed by atoms with Gasteiger partial charge in [0.15, 0.2) is 4.80 Å². The van der Waals surface area contributed by atoms with Gasteiger partial charge in [0, 0.05) is 25.2 Å². The number of aromatic nitrogens is 1. The van der Waals surface area contributed by atoms with Gasteiger partial charge in [0.05, 0.1) is 15.1 Å². The third-order valence-electron chi connectivity index (χ3n) is 5.23. The van der Waals surface area contributed by atoms with Crippen LogP contribution in [0.1, 0.15) is 50.5 Å². The lowest BCUT2D eigenvalue weighted by Gasteiger charge is -2.25. The zero-order valence-electron chi connectivity index (χ0n) is 20.2. The van der Waals surface area contributed by atoms with Crippen LogP contribution in [-0.4, -0.2) is 36.3 Å². The molecule has 0 spiro atoms. The number of hydrogen-bond donors (Lipinski definition) is 0. The number of hydrogen-bond acceptors (Lipinski definition) is 4. The summed E-state index contributed by atoms with van der Waals surface area (Å²) in [5, 5.41) is 0. The smallest absolute Gasteiger partial charge is 0.279 e. The Kier molecular flexibility index (Phi) is 7.92. The van der Waals surface area contributed by atoms with E-state index in [2.05, 4.69) is 11.1 Å². The van der Waals surface area contributed by atoms with E-state index in [0.717, 1.165) is 15.8 Å². The van der Waals surface area contributed by atoms with E-state index in [4.69, 9.17) is 0 Å². The van der Waals surface area contributed by atoms with Crippen LogP contribution in [0.4, 0.5) is 0 Å². The predicted octanol–water partition coefficient (Wildman–Crippen LogP) is 5.07. The first-order valence-electron chi connectivity index (χ1n) is 11.3. The minimum absolute atomic E-state index is 0.196. The standard InChI is InChI=1S/C25H33N3O3S2/c1-7-28-22-13-8-19(6)14-23(22)32-25(28)26-24(29)20-9-11-21(12-10-20)33(30,31)27(15-17(2)3)16-18(4)5/h8-14,17-18H,7,15-16H2,1-6H3. The van der Waals surface area contributed by atoms with E-state index >= 15 is 0 Å². The molecule has 1 aromatic heterocycles. The highest BCUT2D eigenvalue weighted by molar-refractivity contribution is 7.89. The van der Waals surface area contributed by atoms with Crippen LogP contribution < -0.4 is 4.80 Å². The van der Waals surface area contributed by atoms with Gasteiger partial charge in [-0.05, 0) is 67.6 Å². The number of benzene rings is 2. The zero-order chi connectivity index (χ0) is 24.3. The van der Waals surface area contributed by atoms with Crippen molar-refractivity contribution in [3.05, 3.63) is 58.4 Å². The molecule has 1 amide bonds. The minimum Gasteiger partial charge on any atom is -0.317 e. The summed E-state index contributed by atoms with van der Waals surface area (Å²) in [5.74, 6) is 0.0488. The summed E-state index contributed by atoms with van der Waals surface area (Å²) in [6.07, 6.45) is 0. The second kappa shape index (κ2) is 10.3. The molecule has 0 saturated carbocycles. The number of rotatable bonds is 8. The van der Waals surface area contributed by atoms with Gasteiger partial charge >= 0.3 is 0 Å². The Morgan fingerprint density at radius 2 is 1.64 bits per heavy atom. The molecule has 0 N–H and O–H groups in total. The first-order valence-corrected chi connectivity index (χ1v) is 13.6. The number of amides is 1. The van der Waals surface area contributed by atoms with Crippen LogP contribution in [0.25, 0.3) is 10.2 Å². The van der Waals surface area contributed by atoms with Gasteiger partial charge in [0.2, 0.25) is 10.0 Å². The maximum absolute atomic E-state index is 13.2. The van der Waals surface area contributed by atoms with Crippen LogP contribution in [0.15, 0.2) is 52.4 Å². The molecule has 3 rings (SSSR count). The van der Waals surface area contributed by atoms with Crippen molar-refractivity contribution in [3.63, 3.8) is 0 Å². The average molecular weight is 488 g/mol. The first kappa shape index (κ1) is 25.3. The van der Waals surface area contributed by atoms with E-state index in [-0.39, 0.29) is 22.6 Å². The highest BCUT2D eigenvalue weighted by Gasteiger charge is 2.26. The summed E-state index contributed by atoms with van der Waals surface area (Å²) in [6, 6.07) is 12.3. The lowest BCUT2D eigenvalue weighted by molar-refractivity contribution is 0.0997. The molecule has 0 aliphatic heterocycles. The normalized spacial score (nSPS) is 13.1. The van der Waals surface area contributed by atoms with Crippen molar-refractivity contribution in [2.75, 3.05) is 13.1 Å². The second-order valence-corrected chi connectivity index (χ2v) is 12.1. The van der Waals surface area contributed by atoms with Crippen molar-refractivity contribution in [2.45, 2.75) is 53.0 Å². The van der Waals surface area contributed by atoms with Crippen LogP contribution in [0.3, 0.4) is 0 Å². The molecule has 0 fully saturated rings. The molecule has 0 bridgehead atoms. The number of thiazole rings is 1. The number of fused-ring (bicyclic) bond motifs is 1. The van der Waals surface area contributed by atoms with E-state index in [1.54, 1.807) is 12.1 Å². The summed E-state index contributed by atoms with van der Waals surface area (Å²) in [4.78, 5) is 18.1. The lowest BCUT2D eigenvalue weighted by Crippen LogP contribution is -2.37. The Balaban J connectivity index is 1.92. The second-order valence-electron chi connectivity index (χ2n) is 9.15. The third kappa shape index (κ3) is 5.80. The van der Waals surface area contributed by atoms with E-state index in [1.165, 1.54) is 27.8 Å². The fraction of sp³-hybridized carbons (Fsp3) is 0.440. The fourth-order valence-electron chi connectivity index (χ4n) is 3.73. The molecule has 2 aromatic carbocycles. The summed E-state index contributed by atoms with van der Waals surface area (Å²) in [7, 11) is -3.64. The molecular weight excluding hydrogens is 454 g/mol. The van der Waals surface area contributed by atoms with E-state index in [9.17, 15) is 13.2 Å². The topological polar surface area (TPSA) is 71.7 Å². The van der Waals surface area contributed by atoms with Crippen molar-refractivity contribution in [2.24, 2.45) is 16.8 Å². The van der Waals surface area contributed by atoms with Gasteiger partial charge in [-0.2, -0.15) is 9.30 Å². The van der Waals surface area contributed by atoms with Gasteiger partial charge in [-0.3, -0.25) is 4.79 Å². The van der Waals surface area contributed by atoms with Crippen LogP contribution >= 0.6 is 11.3 Å². The monoisotopic (exact) mass is 487 g/mol. The van der Waals surface area contributed by atoms with Crippen molar-refractivity contribution in [1.82, 2.24) is 8.87 Å². The van der Waals surface area contributed by atoms with Gasteiger partial charge in [-0.15, -0.1) is 0 Å². The summed E-state index contributed by atoms with van der Waals surface area (Å²) < 4.78 is 31.0. The molecule has 6 nitrogen and oxygen atoms in total. The van der Waals surface area contributed by atoms with Gasteiger partial charge in [-0.1, -0.05) is 45.1 Å². The number of nitrogens with zero attached hydrogens (tertiary/aromatic N) is 3. The first-order chi connectivity index (χ1) is 15.5. The van der Waals surface area contributed by atoms with Crippen LogP contribution in [-0.2, 0) is 16.6 Å². The number of carbonyl (C=O) groups is 1. The highest BCUT2D eigenvalue weighted by Crippen LogP contribution is 2.21. The van der Waals surface area contributed by atoms with E-state index < -0.39 is 10.0 Å². The van der Waals surface area contributed by atoms with Crippen LogP contribution in [0, 0.1) is 18.8 Å². The van der Waals surface area contributed by atoms with Gasteiger partial charge in [0.1, 0.15) is 0 Å². The maximum atomic E-state index is 13.2. The Hall–Kier alpha value is -2.29.